The summed E-state index contributed by atoms with van der Waals surface area (Å²) in [6.45, 7) is 4.52. The zero-order valence-electron chi connectivity index (χ0n) is 16.5. The van der Waals surface area contributed by atoms with Gasteiger partial charge in [0.05, 0.1) is 23.8 Å². The molecular formula is C21H24N6O2. The molecule has 0 aliphatic carbocycles. The smallest absolute Gasteiger partial charge is 0.252 e. The molecule has 2 aliphatic rings. The van der Waals surface area contributed by atoms with Crippen molar-refractivity contribution in [3.05, 3.63) is 43.1 Å². The first-order chi connectivity index (χ1) is 13.9. The van der Waals surface area contributed by atoms with Crippen LogP contribution in [0.3, 0.4) is 0 Å². The van der Waals surface area contributed by atoms with E-state index in [2.05, 4.69) is 39.3 Å². The Labute approximate surface area is 169 Å². The standard InChI is InChI=1S/C21H24N6O2/c1-20-5-6-21(2,26-20)11-15(10-20)29-18-12-23-19(25-24-18)16-4-3-14(9-17(16)28)27-8-7-22-13-27/h3-4,7-9,12-13,15,26,28H,5-6,10-11H2,1-2H3/t15?,20-,21+. The minimum atomic E-state index is 0.0856. The van der Waals surface area contributed by atoms with E-state index in [0.29, 0.717) is 17.3 Å². The molecule has 0 amide bonds. The van der Waals surface area contributed by atoms with Crippen LogP contribution in [0.25, 0.3) is 17.1 Å². The number of nitrogens with one attached hydrogen (secondary N) is 1. The van der Waals surface area contributed by atoms with Gasteiger partial charge in [0.2, 0.25) is 0 Å². The first-order valence-corrected chi connectivity index (χ1v) is 9.89. The van der Waals surface area contributed by atoms with E-state index < -0.39 is 0 Å². The van der Waals surface area contributed by atoms with Crippen molar-refractivity contribution >= 4 is 0 Å². The molecule has 2 aromatic heterocycles. The Morgan fingerprint density at radius 1 is 1.17 bits per heavy atom. The molecular weight excluding hydrogens is 368 g/mol. The third-order valence-corrected chi connectivity index (χ3v) is 6.04. The van der Waals surface area contributed by atoms with Crippen LogP contribution >= 0.6 is 0 Å². The van der Waals surface area contributed by atoms with Crippen LogP contribution in [0.2, 0.25) is 0 Å². The fourth-order valence-electron chi connectivity index (χ4n) is 4.77. The van der Waals surface area contributed by atoms with E-state index in [1.807, 2.05) is 16.8 Å². The molecule has 0 saturated carbocycles. The highest BCUT2D eigenvalue weighted by atomic mass is 16.5. The molecule has 2 N–H and O–H groups in total. The summed E-state index contributed by atoms with van der Waals surface area (Å²) in [5, 5.41) is 22.5. The second kappa shape index (κ2) is 6.52. The number of aromatic hydroxyl groups is 1. The highest BCUT2D eigenvalue weighted by Crippen LogP contribution is 2.42. The first kappa shape index (κ1) is 18.1. The van der Waals surface area contributed by atoms with Crippen molar-refractivity contribution in [2.75, 3.05) is 0 Å². The second-order valence-electron chi connectivity index (χ2n) is 8.69. The Morgan fingerprint density at radius 3 is 2.59 bits per heavy atom. The Morgan fingerprint density at radius 2 is 1.97 bits per heavy atom. The Balaban J connectivity index is 1.32. The number of ether oxygens (including phenoxy) is 1. The predicted molar refractivity (Wildman–Crippen MR) is 107 cm³/mol. The molecule has 3 atom stereocenters. The van der Waals surface area contributed by atoms with Crippen LogP contribution in [-0.4, -0.2) is 47.0 Å². The molecule has 5 rings (SSSR count). The monoisotopic (exact) mass is 392 g/mol. The summed E-state index contributed by atoms with van der Waals surface area (Å²) in [6, 6.07) is 5.29. The summed E-state index contributed by atoms with van der Waals surface area (Å²) < 4.78 is 7.92. The van der Waals surface area contributed by atoms with Gasteiger partial charge in [-0.1, -0.05) is 0 Å². The Hall–Kier alpha value is -3.00. The average molecular weight is 392 g/mol. The molecule has 0 spiro atoms. The van der Waals surface area contributed by atoms with Gasteiger partial charge in [-0.25, -0.2) is 9.97 Å². The molecule has 4 heterocycles. The van der Waals surface area contributed by atoms with Gasteiger partial charge in [0.1, 0.15) is 11.9 Å². The van der Waals surface area contributed by atoms with Crippen molar-refractivity contribution in [3.8, 4) is 28.7 Å². The topological polar surface area (TPSA) is 98.0 Å². The van der Waals surface area contributed by atoms with Crippen LogP contribution in [0.4, 0.5) is 0 Å². The molecule has 29 heavy (non-hydrogen) atoms. The summed E-state index contributed by atoms with van der Waals surface area (Å²) >= 11 is 0. The molecule has 2 aliphatic heterocycles. The lowest BCUT2D eigenvalue weighted by Crippen LogP contribution is -2.56. The highest BCUT2D eigenvalue weighted by Gasteiger charge is 2.49. The lowest BCUT2D eigenvalue weighted by molar-refractivity contribution is 0.0750. The van der Waals surface area contributed by atoms with Crippen LogP contribution in [0, 0.1) is 0 Å². The normalized spacial score (nSPS) is 28.4. The number of benzene rings is 1. The van der Waals surface area contributed by atoms with Gasteiger partial charge < -0.3 is 19.7 Å². The van der Waals surface area contributed by atoms with Crippen LogP contribution in [0.1, 0.15) is 39.5 Å². The number of fused-ring (bicyclic) bond motifs is 2. The van der Waals surface area contributed by atoms with Crippen molar-refractivity contribution in [3.63, 3.8) is 0 Å². The predicted octanol–water partition coefficient (Wildman–Crippen LogP) is 2.87. The molecule has 2 bridgehead atoms. The number of imidazole rings is 1. The number of hydrogen-bond donors (Lipinski definition) is 2. The van der Waals surface area contributed by atoms with Gasteiger partial charge in [0.25, 0.3) is 5.88 Å². The molecule has 1 unspecified atom stereocenters. The number of phenols is 1. The number of nitrogens with zero attached hydrogens (tertiary/aromatic N) is 5. The zero-order valence-corrected chi connectivity index (χ0v) is 16.5. The quantitative estimate of drug-likeness (QED) is 0.704. The number of piperidine rings is 1. The first-order valence-electron chi connectivity index (χ1n) is 9.89. The lowest BCUT2D eigenvalue weighted by Gasteiger charge is -2.41. The Kier molecular flexibility index (Phi) is 4.06. The van der Waals surface area contributed by atoms with Gasteiger partial charge >= 0.3 is 0 Å². The minimum Gasteiger partial charge on any atom is -0.507 e. The lowest BCUT2D eigenvalue weighted by atomic mass is 9.86. The number of hydrogen-bond acceptors (Lipinski definition) is 7. The van der Waals surface area contributed by atoms with Crippen molar-refractivity contribution in [1.82, 2.24) is 30.0 Å². The summed E-state index contributed by atoms with van der Waals surface area (Å²) in [7, 11) is 0. The van der Waals surface area contributed by atoms with Crippen LogP contribution in [-0.2, 0) is 0 Å². The summed E-state index contributed by atoms with van der Waals surface area (Å²) in [5.74, 6) is 0.862. The summed E-state index contributed by atoms with van der Waals surface area (Å²) in [6.07, 6.45) is 11.1. The fourth-order valence-corrected chi connectivity index (χ4v) is 4.77. The molecule has 150 valence electrons. The molecule has 2 saturated heterocycles. The van der Waals surface area contributed by atoms with Crippen molar-refractivity contribution < 1.29 is 9.84 Å². The average Bonchev–Trinajstić information content (AvgIpc) is 3.28. The van der Waals surface area contributed by atoms with E-state index in [1.54, 1.807) is 30.9 Å². The van der Waals surface area contributed by atoms with E-state index >= 15 is 0 Å². The fraction of sp³-hybridized carbons (Fsp3) is 0.429. The number of rotatable bonds is 4. The maximum absolute atomic E-state index is 10.4. The zero-order chi connectivity index (χ0) is 20.1. The van der Waals surface area contributed by atoms with Gasteiger partial charge in [0.15, 0.2) is 5.82 Å². The van der Waals surface area contributed by atoms with Gasteiger partial charge in [-0.15, -0.1) is 10.2 Å². The maximum Gasteiger partial charge on any atom is 0.252 e. The van der Waals surface area contributed by atoms with Gasteiger partial charge in [-0.05, 0) is 38.8 Å². The SMILES string of the molecule is C[C@]12CC[C@](C)(CC(Oc3cnc(-c4ccc(-n5ccnc5)cc4O)nn3)C1)N2. The van der Waals surface area contributed by atoms with Crippen LogP contribution in [0.15, 0.2) is 43.1 Å². The van der Waals surface area contributed by atoms with Crippen molar-refractivity contribution in [1.29, 1.82) is 0 Å². The van der Waals surface area contributed by atoms with E-state index in [-0.39, 0.29) is 22.9 Å². The minimum absolute atomic E-state index is 0.0856. The molecule has 8 nitrogen and oxygen atoms in total. The number of aromatic nitrogens is 5. The van der Waals surface area contributed by atoms with E-state index in [1.165, 1.54) is 12.8 Å². The molecule has 3 aromatic rings. The third kappa shape index (κ3) is 3.44. The maximum atomic E-state index is 10.4. The number of phenolic OH excluding ortho intramolecular Hbond substituents is 1. The second-order valence-corrected chi connectivity index (χ2v) is 8.69. The highest BCUT2D eigenvalue weighted by molar-refractivity contribution is 5.65. The molecule has 2 fully saturated rings. The largest absolute Gasteiger partial charge is 0.507 e. The Bertz CT molecular complexity index is 1000. The van der Waals surface area contributed by atoms with Crippen molar-refractivity contribution in [2.24, 2.45) is 0 Å². The molecule has 8 heteroatoms. The van der Waals surface area contributed by atoms with Crippen molar-refractivity contribution in [2.45, 2.75) is 56.7 Å². The van der Waals surface area contributed by atoms with Crippen LogP contribution < -0.4 is 10.1 Å². The van der Waals surface area contributed by atoms with E-state index in [4.69, 9.17) is 4.74 Å². The van der Waals surface area contributed by atoms with Crippen LogP contribution in [0.5, 0.6) is 11.6 Å². The van der Waals surface area contributed by atoms with E-state index in [0.717, 1.165) is 18.5 Å². The van der Waals surface area contributed by atoms with Gasteiger partial charge in [-0.2, -0.15) is 0 Å². The van der Waals surface area contributed by atoms with E-state index in [9.17, 15) is 5.11 Å². The summed E-state index contributed by atoms with van der Waals surface area (Å²) in [4.78, 5) is 8.38. The van der Waals surface area contributed by atoms with Gasteiger partial charge in [-0.3, -0.25) is 0 Å². The molecule has 0 radical (unpaired) electrons. The van der Waals surface area contributed by atoms with Gasteiger partial charge in [0, 0.05) is 42.4 Å². The molecule has 1 aromatic carbocycles. The third-order valence-electron chi connectivity index (χ3n) is 6.04. The summed E-state index contributed by atoms with van der Waals surface area (Å²) in [5.41, 5.74) is 1.58.